The predicted octanol–water partition coefficient (Wildman–Crippen LogP) is 1.70. The number of aromatic nitrogens is 3. The second-order valence-corrected chi connectivity index (χ2v) is 7.25. The van der Waals surface area contributed by atoms with Gasteiger partial charge in [0, 0.05) is 42.9 Å². The molecule has 0 unspecified atom stereocenters. The van der Waals surface area contributed by atoms with Gasteiger partial charge in [-0.05, 0) is 32.4 Å². The van der Waals surface area contributed by atoms with Crippen molar-refractivity contribution in [3.05, 3.63) is 34.0 Å². The van der Waals surface area contributed by atoms with E-state index in [1.54, 1.807) is 17.5 Å². The first-order valence-corrected chi connectivity index (χ1v) is 8.83. The highest BCUT2D eigenvalue weighted by atomic mass is 32.1. The summed E-state index contributed by atoms with van der Waals surface area (Å²) in [7, 11) is 2.15. The molecule has 6 nitrogen and oxygen atoms in total. The van der Waals surface area contributed by atoms with Crippen LogP contribution in [0.15, 0.2) is 17.8 Å². The highest BCUT2D eigenvalue weighted by Gasteiger charge is 2.27. The molecule has 1 aliphatic heterocycles. The summed E-state index contributed by atoms with van der Waals surface area (Å²) in [5, 5.41) is 6.75. The summed E-state index contributed by atoms with van der Waals surface area (Å²) in [5.41, 5.74) is 3.92. The van der Waals surface area contributed by atoms with Gasteiger partial charge in [0.25, 0.3) is 0 Å². The van der Waals surface area contributed by atoms with Crippen LogP contribution in [0.25, 0.3) is 0 Å². The molecule has 0 bridgehead atoms. The minimum Gasteiger partial charge on any atom is -0.342 e. The van der Waals surface area contributed by atoms with E-state index in [9.17, 15) is 4.79 Å². The number of amides is 1. The lowest BCUT2D eigenvalue weighted by Crippen LogP contribution is -2.32. The van der Waals surface area contributed by atoms with Crippen molar-refractivity contribution in [1.82, 2.24) is 25.0 Å². The van der Waals surface area contributed by atoms with E-state index in [-0.39, 0.29) is 5.91 Å². The molecule has 124 valence electrons. The van der Waals surface area contributed by atoms with E-state index in [0.717, 1.165) is 44.0 Å². The maximum atomic E-state index is 12.3. The molecule has 0 radical (unpaired) electrons. The van der Waals surface area contributed by atoms with E-state index in [1.165, 1.54) is 4.88 Å². The molecular formula is C16H23N5OS. The van der Waals surface area contributed by atoms with Crippen LogP contribution in [0.4, 0.5) is 0 Å². The summed E-state index contributed by atoms with van der Waals surface area (Å²) in [6.45, 7) is 5.75. The fourth-order valence-electron chi connectivity index (χ4n) is 3.09. The zero-order valence-corrected chi connectivity index (χ0v) is 14.5. The molecule has 2 aromatic rings. The van der Waals surface area contributed by atoms with E-state index >= 15 is 0 Å². The normalized spacial score (nSPS) is 18.0. The minimum absolute atomic E-state index is 0.192. The number of hydrogen-bond donors (Lipinski definition) is 1. The second kappa shape index (κ2) is 7.23. The number of thiazole rings is 1. The first kappa shape index (κ1) is 16.1. The number of rotatable bonds is 6. The van der Waals surface area contributed by atoms with Crippen LogP contribution in [0.1, 0.15) is 22.7 Å². The van der Waals surface area contributed by atoms with Gasteiger partial charge in [-0.15, -0.1) is 11.3 Å². The van der Waals surface area contributed by atoms with Gasteiger partial charge < -0.3 is 9.80 Å². The van der Waals surface area contributed by atoms with E-state index in [4.69, 9.17) is 0 Å². The van der Waals surface area contributed by atoms with Gasteiger partial charge in [-0.25, -0.2) is 4.98 Å². The Morgan fingerprint density at radius 1 is 1.57 bits per heavy atom. The Morgan fingerprint density at radius 3 is 3.13 bits per heavy atom. The first-order chi connectivity index (χ1) is 11.1. The number of hydrogen-bond acceptors (Lipinski definition) is 5. The van der Waals surface area contributed by atoms with Crippen LogP contribution in [-0.2, 0) is 17.8 Å². The third-order valence-corrected chi connectivity index (χ3v) is 5.29. The van der Waals surface area contributed by atoms with Gasteiger partial charge in [0.2, 0.25) is 5.91 Å². The first-order valence-electron chi connectivity index (χ1n) is 7.95. The second-order valence-electron chi connectivity index (χ2n) is 6.31. The van der Waals surface area contributed by atoms with Crippen LogP contribution >= 0.6 is 11.3 Å². The molecule has 1 saturated heterocycles. The third-order valence-electron chi connectivity index (χ3n) is 4.37. The van der Waals surface area contributed by atoms with Gasteiger partial charge in [0.15, 0.2) is 0 Å². The predicted molar refractivity (Wildman–Crippen MR) is 90.2 cm³/mol. The molecule has 3 heterocycles. The number of aromatic amines is 1. The van der Waals surface area contributed by atoms with Crippen LogP contribution < -0.4 is 0 Å². The highest BCUT2D eigenvalue weighted by molar-refractivity contribution is 7.09. The maximum Gasteiger partial charge on any atom is 0.228 e. The minimum atomic E-state index is 0.192. The molecule has 3 rings (SSSR count). The summed E-state index contributed by atoms with van der Waals surface area (Å²) in [6, 6.07) is 1.86. The van der Waals surface area contributed by atoms with Crippen molar-refractivity contribution in [2.24, 2.45) is 5.92 Å². The van der Waals surface area contributed by atoms with E-state index in [1.807, 2.05) is 16.5 Å². The third kappa shape index (κ3) is 4.17. The Bertz CT molecular complexity index is 639. The van der Waals surface area contributed by atoms with Gasteiger partial charge in [-0.2, -0.15) is 5.10 Å². The molecule has 1 aliphatic rings. The van der Waals surface area contributed by atoms with E-state index in [0.29, 0.717) is 12.3 Å². The summed E-state index contributed by atoms with van der Waals surface area (Å²) in [5.74, 6) is 0.747. The van der Waals surface area contributed by atoms with Crippen LogP contribution in [-0.4, -0.2) is 57.6 Å². The zero-order valence-electron chi connectivity index (χ0n) is 13.7. The molecule has 1 fully saturated rings. The van der Waals surface area contributed by atoms with Crippen LogP contribution in [0.3, 0.4) is 0 Å². The number of H-pyrrole nitrogens is 1. The number of nitrogens with zero attached hydrogens (tertiary/aromatic N) is 4. The van der Waals surface area contributed by atoms with Crippen molar-refractivity contribution in [2.75, 3.05) is 26.7 Å². The van der Waals surface area contributed by atoms with Crippen molar-refractivity contribution in [3.8, 4) is 0 Å². The summed E-state index contributed by atoms with van der Waals surface area (Å²) in [4.78, 5) is 22.3. The average Bonchev–Trinajstić information content (AvgIpc) is 3.23. The van der Waals surface area contributed by atoms with Gasteiger partial charge in [-0.1, -0.05) is 0 Å². The molecule has 7 heteroatoms. The standard InChI is InChI=1S/C16H23N5OS/c1-12-15(23-11-17-12)10-20(2)8-13-4-6-21(9-13)16(22)7-14-3-5-18-19-14/h3,5,11,13H,4,6-10H2,1-2H3,(H,18,19)/t13-/m1/s1. The quantitative estimate of drug-likeness (QED) is 0.874. The molecule has 1 amide bonds. The number of carbonyl (C=O) groups is 1. The van der Waals surface area contributed by atoms with Crippen molar-refractivity contribution in [2.45, 2.75) is 26.3 Å². The number of likely N-dealkylation sites (tertiary alicyclic amines) is 1. The average molecular weight is 333 g/mol. The van der Waals surface area contributed by atoms with Gasteiger partial charge in [-0.3, -0.25) is 9.89 Å². The number of carbonyl (C=O) groups excluding carboxylic acids is 1. The lowest BCUT2D eigenvalue weighted by Gasteiger charge is -2.21. The SMILES string of the molecule is Cc1ncsc1CN(C)C[C@H]1CCN(C(=O)Cc2ccn[nH]2)C1. The fourth-order valence-corrected chi connectivity index (χ4v) is 3.95. The smallest absolute Gasteiger partial charge is 0.228 e. The lowest BCUT2D eigenvalue weighted by atomic mass is 10.1. The molecule has 23 heavy (non-hydrogen) atoms. The fraction of sp³-hybridized carbons (Fsp3) is 0.562. The Balaban J connectivity index is 1.46. The number of aryl methyl sites for hydroxylation is 1. The van der Waals surface area contributed by atoms with Crippen LogP contribution in [0.5, 0.6) is 0 Å². The summed E-state index contributed by atoms with van der Waals surface area (Å²) in [6.07, 6.45) is 3.19. The molecule has 0 aliphatic carbocycles. The summed E-state index contributed by atoms with van der Waals surface area (Å²) < 4.78 is 0. The Labute approximate surface area is 140 Å². The van der Waals surface area contributed by atoms with E-state index in [2.05, 4.69) is 34.1 Å². The lowest BCUT2D eigenvalue weighted by molar-refractivity contribution is -0.129. The largest absolute Gasteiger partial charge is 0.342 e. The Hall–Kier alpha value is -1.73. The topological polar surface area (TPSA) is 65.1 Å². The van der Waals surface area contributed by atoms with Gasteiger partial charge in [0.1, 0.15) is 0 Å². The zero-order chi connectivity index (χ0) is 16.2. The molecule has 0 spiro atoms. The maximum absolute atomic E-state index is 12.3. The Kier molecular flexibility index (Phi) is 5.07. The molecule has 1 N–H and O–H groups in total. The Morgan fingerprint density at radius 2 is 2.43 bits per heavy atom. The monoisotopic (exact) mass is 333 g/mol. The van der Waals surface area contributed by atoms with E-state index < -0.39 is 0 Å². The molecular weight excluding hydrogens is 310 g/mol. The van der Waals surface area contributed by atoms with Gasteiger partial charge in [0.05, 0.1) is 17.6 Å². The van der Waals surface area contributed by atoms with Crippen LogP contribution in [0.2, 0.25) is 0 Å². The molecule has 1 atom stereocenters. The van der Waals surface area contributed by atoms with Crippen LogP contribution in [0, 0.1) is 12.8 Å². The molecule has 0 saturated carbocycles. The van der Waals surface area contributed by atoms with Crippen molar-refractivity contribution >= 4 is 17.2 Å². The molecule has 0 aromatic carbocycles. The molecule has 2 aromatic heterocycles. The van der Waals surface area contributed by atoms with Gasteiger partial charge >= 0.3 is 0 Å². The van der Waals surface area contributed by atoms with Crippen molar-refractivity contribution in [1.29, 1.82) is 0 Å². The highest BCUT2D eigenvalue weighted by Crippen LogP contribution is 2.20. The van der Waals surface area contributed by atoms with Crippen molar-refractivity contribution in [3.63, 3.8) is 0 Å². The summed E-state index contributed by atoms with van der Waals surface area (Å²) >= 11 is 1.72. The number of nitrogens with one attached hydrogen (secondary N) is 1. The van der Waals surface area contributed by atoms with Crippen molar-refractivity contribution < 1.29 is 4.79 Å².